The van der Waals surface area contributed by atoms with Crippen LogP contribution >= 0.6 is 11.8 Å². The summed E-state index contributed by atoms with van der Waals surface area (Å²) >= 11 is 1.78. The second kappa shape index (κ2) is 9.48. The zero-order valence-electron chi connectivity index (χ0n) is 14.4. The lowest BCUT2D eigenvalue weighted by Gasteiger charge is -2.25. The van der Waals surface area contributed by atoms with Gasteiger partial charge >= 0.3 is 6.18 Å². The molecule has 0 aliphatic carbocycles. The molecule has 0 radical (unpaired) electrons. The highest BCUT2D eigenvalue weighted by molar-refractivity contribution is 7.98. The fourth-order valence-electron chi connectivity index (χ4n) is 3.14. The van der Waals surface area contributed by atoms with Crippen molar-refractivity contribution in [3.8, 4) is 0 Å². The smallest absolute Gasteiger partial charge is 0.340 e. The number of alkyl halides is 3. The first kappa shape index (κ1) is 20.1. The van der Waals surface area contributed by atoms with Crippen molar-refractivity contribution in [3.05, 3.63) is 35.4 Å². The molecule has 0 aromatic heterocycles. The standard InChI is InChI=1S/C18H25F3N2OS/c1-25-11-3-10-23-16(6-7-17(23)24)8-9-22-13-14-4-2-5-15(12-14)18(19,20)21/h2,4-5,12,16,22H,3,6-11,13H2,1H3/t16-/m1/s1. The van der Waals surface area contributed by atoms with E-state index in [-0.39, 0.29) is 11.9 Å². The van der Waals surface area contributed by atoms with Gasteiger partial charge in [0.15, 0.2) is 0 Å². The minimum Gasteiger partial charge on any atom is -0.340 e. The third-order valence-corrected chi connectivity index (χ3v) is 5.13. The Balaban J connectivity index is 1.76. The predicted molar refractivity (Wildman–Crippen MR) is 95.5 cm³/mol. The number of likely N-dealkylation sites (tertiary alicyclic amines) is 1. The minimum atomic E-state index is -4.31. The number of hydrogen-bond acceptors (Lipinski definition) is 3. The van der Waals surface area contributed by atoms with Gasteiger partial charge in [-0.05, 0) is 49.4 Å². The molecule has 1 amide bonds. The third-order valence-electron chi connectivity index (χ3n) is 4.44. The monoisotopic (exact) mass is 374 g/mol. The van der Waals surface area contributed by atoms with Gasteiger partial charge in [0.1, 0.15) is 0 Å². The number of nitrogens with one attached hydrogen (secondary N) is 1. The molecule has 140 valence electrons. The molecule has 1 aromatic rings. The number of thioether (sulfide) groups is 1. The molecule has 0 spiro atoms. The average Bonchev–Trinajstić information content (AvgIpc) is 2.92. The Morgan fingerprint density at radius 1 is 1.36 bits per heavy atom. The van der Waals surface area contributed by atoms with E-state index in [9.17, 15) is 18.0 Å². The van der Waals surface area contributed by atoms with Crippen molar-refractivity contribution in [1.82, 2.24) is 10.2 Å². The normalized spacial score (nSPS) is 18.2. The van der Waals surface area contributed by atoms with Gasteiger partial charge < -0.3 is 10.2 Å². The van der Waals surface area contributed by atoms with Gasteiger partial charge in [-0.15, -0.1) is 0 Å². The highest BCUT2D eigenvalue weighted by Crippen LogP contribution is 2.29. The van der Waals surface area contributed by atoms with Crippen LogP contribution in [0.2, 0.25) is 0 Å². The summed E-state index contributed by atoms with van der Waals surface area (Å²) in [6.07, 6.45) is 1.07. The van der Waals surface area contributed by atoms with E-state index in [2.05, 4.69) is 11.6 Å². The lowest BCUT2D eigenvalue weighted by Crippen LogP contribution is -2.36. The summed E-state index contributed by atoms with van der Waals surface area (Å²) in [7, 11) is 0. The molecule has 0 bridgehead atoms. The lowest BCUT2D eigenvalue weighted by molar-refractivity contribution is -0.137. The molecule has 25 heavy (non-hydrogen) atoms. The zero-order chi connectivity index (χ0) is 18.3. The zero-order valence-corrected chi connectivity index (χ0v) is 15.3. The molecule has 1 aliphatic heterocycles. The highest BCUT2D eigenvalue weighted by atomic mass is 32.2. The number of halogens is 3. The molecule has 7 heteroatoms. The first-order valence-corrected chi connectivity index (χ1v) is 9.96. The summed E-state index contributed by atoms with van der Waals surface area (Å²) in [5.41, 5.74) is 0.00214. The number of benzene rings is 1. The second-order valence-corrected chi connectivity index (χ2v) is 7.28. The molecule has 1 fully saturated rings. The van der Waals surface area contributed by atoms with Gasteiger partial charge in [0.2, 0.25) is 5.91 Å². The maximum absolute atomic E-state index is 12.7. The number of carbonyl (C=O) groups is 1. The van der Waals surface area contributed by atoms with E-state index in [0.29, 0.717) is 25.1 Å². The first-order valence-electron chi connectivity index (χ1n) is 8.57. The molecular weight excluding hydrogens is 349 g/mol. The Hall–Kier alpha value is -1.21. The van der Waals surface area contributed by atoms with Gasteiger partial charge in [-0.1, -0.05) is 18.2 Å². The fraction of sp³-hybridized carbons (Fsp3) is 0.611. The van der Waals surface area contributed by atoms with Crippen LogP contribution in [0, 0.1) is 0 Å². The Labute approximate surface area is 151 Å². The molecule has 2 rings (SSSR count). The number of amides is 1. The van der Waals surface area contributed by atoms with Gasteiger partial charge in [0, 0.05) is 25.6 Å². The Bertz CT molecular complexity index is 565. The van der Waals surface area contributed by atoms with E-state index in [0.717, 1.165) is 37.6 Å². The van der Waals surface area contributed by atoms with Crippen LogP contribution in [-0.2, 0) is 17.5 Å². The fourth-order valence-corrected chi connectivity index (χ4v) is 3.56. The van der Waals surface area contributed by atoms with Crippen LogP contribution in [0.5, 0.6) is 0 Å². The van der Waals surface area contributed by atoms with Gasteiger partial charge in [-0.25, -0.2) is 0 Å². The van der Waals surface area contributed by atoms with Crippen LogP contribution in [0.4, 0.5) is 13.2 Å². The van der Waals surface area contributed by atoms with E-state index in [1.807, 2.05) is 4.90 Å². The summed E-state index contributed by atoms with van der Waals surface area (Å²) in [6.45, 7) is 1.89. The summed E-state index contributed by atoms with van der Waals surface area (Å²) in [4.78, 5) is 13.9. The van der Waals surface area contributed by atoms with Crippen molar-refractivity contribution < 1.29 is 18.0 Å². The lowest BCUT2D eigenvalue weighted by atomic mass is 10.1. The Morgan fingerprint density at radius 2 is 2.16 bits per heavy atom. The SMILES string of the molecule is CSCCCN1C(=O)CC[C@@H]1CCNCc1cccc(C(F)(F)F)c1. The predicted octanol–water partition coefficient (Wildman–Crippen LogP) is 3.93. The van der Waals surface area contributed by atoms with Crippen LogP contribution in [0.25, 0.3) is 0 Å². The molecule has 1 N–H and O–H groups in total. The number of carbonyl (C=O) groups excluding carboxylic acids is 1. The Morgan fingerprint density at radius 3 is 2.88 bits per heavy atom. The number of rotatable bonds is 9. The molecule has 1 aliphatic rings. The van der Waals surface area contributed by atoms with Crippen LogP contribution in [0.3, 0.4) is 0 Å². The van der Waals surface area contributed by atoms with E-state index >= 15 is 0 Å². The molecular formula is C18H25F3N2OS. The molecule has 3 nitrogen and oxygen atoms in total. The topological polar surface area (TPSA) is 32.3 Å². The Kier molecular flexibility index (Phi) is 7.62. The second-order valence-electron chi connectivity index (χ2n) is 6.29. The van der Waals surface area contributed by atoms with Crippen molar-refractivity contribution in [2.75, 3.05) is 25.1 Å². The summed E-state index contributed by atoms with van der Waals surface area (Å²) < 4.78 is 38.1. The molecule has 1 heterocycles. The van der Waals surface area contributed by atoms with Crippen molar-refractivity contribution in [1.29, 1.82) is 0 Å². The van der Waals surface area contributed by atoms with E-state index < -0.39 is 11.7 Å². The number of hydrogen-bond donors (Lipinski definition) is 1. The minimum absolute atomic E-state index is 0.226. The van der Waals surface area contributed by atoms with Crippen molar-refractivity contribution in [2.45, 2.75) is 44.4 Å². The van der Waals surface area contributed by atoms with Gasteiger partial charge in [0.25, 0.3) is 0 Å². The van der Waals surface area contributed by atoms with Crippen molar-refractivity contribution in [3.63, 3.8) is 0 Å². The maximum Gasteiger partial charge on any atom is 0.416 e. The van der Waals surface area contributed by atoms with Gasteiger partial charge in [-0.2, -0.15) is 24.9 Å². The van der Waals surface area contributed by atoms with Gasteiger partial charge in [0.05, 0.1) is 5.56 Å². The van der Waals surface area contributed by atoms with Crippen molar-refractivity contribution in [2.24, 2.45) is 0 Å². The quantitative estimate of drug-likeness (QED) is 0.665. The van der Waals surface area contributed by atoms with Crippen LogP contribution in [0.15, 0.2) is 24.3 Å². The number of nitrogens with zero attached hydrogens (tertiary/aromatic N) is 1. The van der Waals surface area contributed by atoms with Gasteiger partial charge in [-0.3, -0.25) is 4.79 Å². The molecule has 0 unspecified atom stereocenters. The molecule has 1 atom stereocenters. The average molecular weight is 374 g/mol. The first-order chi connectivity index (χ1) is 11.9. The van der Waals surface area contributed by atoms with E-state index in [1.165, 1.54) is 12.1 Å². The molecule has 1 saturated heterocycles. The van der Waals surface area contributed by atoms with Crippen LogP contribution < -0.4 is 5.32 Å². The third kappa shape index (κ3) is 6.22. The summed E-state index contributed by atoms with van der Waals surface area (Å²) in [5, 5.41) is 3.20. The molecule has 1 aromatic carbocycles. The largest absolute Gasteiger partial charge is 0.416 e. The maximum atomic E-state index is 12.7. The van der Waals surface area contributed by atoms with E-state index in [4.69, 9.17) is 0 Å². The summed E-state index contributed by atoms with van der Waals surface area (Å²) in [5.74, 6) is 1.27. The van der Waals surface area contributed by atoms with Crippen LogP contribution in [-0.4, -0.2) is 41.9 Å². The highest BCUT2D eigenvalue weighted by Gasteiger charge is 2.31. The van der Waals surface area contributed by atoms with Crippen molar-refractivity contribution >= 4 is 17.7 Å². The summed E-state index contributed by atoms with van der Waals surface area (Å²) in [6, 6.07) is 5.64. The van der Waals surface area contributed by atoms with Crippen LogP contribution in [0.1, 0.15) is 36.8 Å². The van der Waals surface area contributed by atoms with E-state index in [1.54, 1.807) is 17.8 Å². The molecule has 0 saturated carbocycles.